The van der Waals surface area contributed by atoms with Gasteiger partial charge in [0.25, 0.3) is 0 Å². The number of nitrogens with two attached hydrogens (primary N) is 1. The number of carbonyl (C=O) groups is 5. The normalized spacial score (nSPS) is 30.8. The standard InChI is InChI=1S/C32H43N3O8/c1-31(2,3)14-35(12-15-7-8-15)13-17-11-20(36)22-18(27(17)43-6)9-16-10-19-24(34(4)5)26(38)23(30(33)41)29(40)32(19,42)28(39)21(16)25(22)37/h11,15-16,19,21,23-24,36,42H,7-10,12-14H2,1-6H3,(H2,33,41)/t16-,19-,21?,23?,24-,32-/m0/s1. The molecule has 0 aliphatic heterocycles. The van der Waals surface area contributed by atoms with Crippen LogP contribution in [0.3, 0.4) is 0 Å². The van der Waals surface area contributed by atoms with Crippen LogP contribution < -0.4 is 10.5 Å². The number of likely N-dealkylation sites (N-methyl/N-ethyl adjacent to an activating group) is 1. The molecule has 2 unspecified atom stereocenters. The zero-order valence-electron chi connectivity index (χ0n) is 25.8. The number of methoxy groups -OCH3 is 1. The smallest absolute Gasteiger partial charge is 0.235 e. The molecule has 4 N–H and O–H groups in total. The Morgan fingerprint density at radius 3 is 2.33 bits per heavy atom. The van der Waals surface area contributed by atoms with Gasteiger partial charge in [0.1, 0.15) is 11.5 Å². The fourth-order valence-electron chi connectivity index (χ4n) is 7.85. The van der Waals surface area contributed by atoms with Crippen molar-refractivity contribution in [1.82, 2.24) is 9.80 Å². The van der Waals surface area contributed by atoms with Crippen molar-refractivity contribution in [3.8, 4) is 11.5 Å². The van der Waals surface area contributed by atoms with E-state index in [1.165, 1.54) is 30.9 Å². The number of aromatic hydroxyl groups is 1. The second-order valence-corrected chi connectivity index (χ2v) is 14.4. The maximum Gasteiger partial charge on any atom is 0.235 e. The van der Waals surface area contributed by atoms with Crippen LogP contribution in [0.4, 0.5) is 0 Å². The van der Waals surface area contributed by atoms with Crippen LogP contribution in [0.25, 0.3) is 0 Å². The molecule has 1 aromatic carbocycles. The van der Waals surface area contributed by atoms with Gasteiger partial charge in [0.2, 0.25) is 5.91 Å². The van der Waals surface area contributed by atoms with E-state index in [4.69, 9.17) is 10.5 Å². The summed E-state index contributed by atoms with van der Waals surface area (Å²) >= 11 is 0. The molecule has 3 fully saturated rings. The summed E-state index contributed by atoms with van der Waals surface area (Å²) in [6.45, 7) is 8.74. The van der Waals surface area contributed by atoms with Gasteiger partial charge >= 0.3 is 0 Å². The molecule has 0 saturated heterocycles. The number of fused-ring (bicyclic) bond motifs is 3. The first kappa shape index (κ1) is 31.3. The van der Waals surface area contributed by atoms with Crippen LogP contribution in [-0.2, 0) is 32.1 Å². The zero-order chi connectivity index (χ0) is 31.8. The molecule has 11 heteroatoms. The monoisotopic (exact) mass is 597 g/mol. The molecule has 4 aliphatic carbocycles. The predicted molar refractivity (Wildman–Crippen MR) is 155 cm³/mol. The summed E-state index contributed by atoms with van der Waals surface area (Å²) in [6, 6.07) is 0.371. The molecule has 0 spiro atoms. The van der Waals surface area contributed by atoms with Crippen LogP contribution in [0, 0.1) is 35.0 Å². The van der Waals surface area contributed by atoms with Gasteiger partial charge in [-0.2, -0.15) is 0 Å². The van der Waals surface area contributed by atoms with E-state index in [-0.39, 0.29) is 29.6 Å². The van der Waals surface area contributed by atoms with E-state index in [0.717, 1.165) is 18.7 Å². The first-order chi connectivity index (χ1) is 20.0. The molecule has 0 radical (unpaired) electrons. The van der Waals surface area contributed by atoms with Crippen molar-refractivity contribution in [3.63, 3.8) is 0 Å². The maximum absolute atomic E-state index is 14.0. The van der Waals surface area contributed by atoms with Gasteiger partial charge in [-0.15, -0.1) is 0 Å². The number of primary amides is 1. The molecule has 234 valence electrons. The fourth-order valence-corrected chi connectivity index (χ4v) is 7.85. The summed E-state index contributed by atoms with van der Waals surface area (Å²) < 4.78 is 5.87. The number of ketones is 4. The van der Waals surface area contributed by atoms with Gasteiger partial charge in [0.15, 0.2) is 34.7 Å². The van der Waals surface area contributed by atoms with Crippen molar-refractivity contribution in [1.29, 1.82) is 0 Å². The van der Waals surface area contributed by atoms with Crippen LogP contribution in [-0.4, -0.2) is 95.0 Å². The van der Waals surface area contributed by atoms with Gasteiger partial charge < -0.3 is 20.7 Å². The van der Waals surface area contributed by atoms with Crippen molar-refractivity contribution in [3.05, 3.63) is 22.8 Å². The van der Waals surface area contributed by atoms with Crippen molar-refractivity contribution in [2.75, 3.05) is 34.3 Å². The highest BCUT2D eigenvalue weighted by Gasteiger charge is 2.69. The Morgan fingerprint density at radius 2 is 1.79 bits per heavy atom. The van der Waals surface area contributed by atoms with Gasteiger partial charge in [-0.3, -0.25) is 33.8 Å². The SMILES string of the molecule is COc1c(CN(CC2CC2)CC(C)(C)C)cc(O)c2c1C[C@H]1C[C@H]3[C@H](N(C)C)C(=O)C(C(N)=O)C(=O)[C@@]3(O)C(=O)C1C2=O. The van der Waals surface area contributed by atoms with Crippen LogP contribution in [0.15, 0.2) is 6.07 Å². The zero-order valence-corrected chi connectivity index (χ0v) is 25.8. The largest absolute Gasteiger partial charge is 0.507 e. The number of amides is 1. The van der Waals surface area contributed by atoms with E-state index in [1.54, 1.807) is 14.1 Å². The van der Waals surface area contributed by atoms with Gasteiger partial charge in [-0.25, -0.2) is 0 Å². The number of aliphatic hydroxyl groups is 1. The first-order valence-electron chi connectivity index (χ1n) is 15.0. The number of phenols is 1. The first-order valence-corrected chi connectivity index (χ1v) is 15.0. The van der Waals surface area contributed by atoms with E-state index in [9.17, 15) is 34.2 Å². The molecule has 1 amide bonds. The Morgan fingerprint density at radius 1 is 1.14 bits per heavy atom. The maximum atomic E-state index is 14.0. The topological polar surface area (TPSA) is 168 Å². The molecule has 0 aromatic heterocycles. The van der Waals surface area contributed by atoms with Crippen molar-refractivity contribution in [2.24, 2.45) is 40.7 Å². The summed E-state index contributed by atoms with van der Waals surface area (Å²) in [6.07, 6.45) is 2.53. The third-order valence-electron chi connectivity index (χ3n) is 9.60. The summed E-state index contributed by atoms with van der Waals surface area (Å²) in [5.41, 5.74) is 3.83. The number of hydrogen-bond acceptors (Lipinski definition) is 10. The molecule has 6 atom stereocenters. The highest BCUT2D eigenvalue weighted by molar-refractivity contribution is 6.32. The lowest BCUT2D eigenvalue weighted by Crippen LogP contribution is -2.74. The highest BCUT2D eigenvalue weighted by atomic mass is 16.5. The second-order valence-electron chi connectivity index (χ2n) is 14.4. The lowest BCUT2D eigenvalue weighted by Gasteiger charge is -2.52. The molecule has 3 saturated carbocycles. The van der Waals surface area contributed by atoms with E-state index >= 15 is 0 Å². The minimum absolute atomic E-state index is 0.00410. The van der Waals surface area contributed by atoms with E-state index in [2.05, 4.69) is 25.7 Å². The summed E-state index contributed by atoms with van der Waals surface area (Å²) in [5, 5.41) is 23.0. The lowest BCUT2D eigenvalue weighted by molar-refractivity contribution is -0.181. The Bertz CT molecular complexity index is 1390. The number of carbonyl (C=O) groups excluding carboxylic acids is 5. The number of phenolic OH excluding ortho intramolecular Hbond substituents is 1. The average Bonchev–Trinajstić information content (AvgIpc) is 3.68. The minimum atomic E-state index is -2.74. The third kappa shape index (κ3) is 5.19. The summed E-state index contributed by atoms with van der Waals surface area (Å²) in [7, 11) is 4.64. The van der Waals surface area contributed by atoms with E-state index < -0.39 is 64.4 Å². The quantitative estimate of drug-likeness (QED) is 0.370. The molecule has 4 aliphatic rings. The van der Waals surface area contributed by atoms with Crippen LogP contribution >= 0.6 is 0 Å². The average molecular weight is 598 g/mol. The molecule has 1 aromatic rings. The molecular weight excluding hydrogens is 554 g/mol. The number of hydrogen-bond donors (Lipinski definition) is 3. The number of rotatable bonds is 8. The van der Waals surface area contributed by atoms with Crippen LogP contribution in [0.5, 0.6) is 11.5 Å². The molecular formula is C32H43N3O8. The fraction of sp³-hybridized carbons (Fsp3) is 0.656. The van der Waals surface area contributed by atoms with Gasteiger partial charge in [-0.1, -0.05) is 20.8 Å². The molecule has 0 bridgehead atoms. The predicted octanol–water partition coefficient (Wildman–Crippen LogP) is 1.13. The number of benzene rings is 1. The summed E-state index contributed by atoms with van der Waals surface area (Å²) in [5.74, 6) is -9.51. The highest BCUT2D eigenvalue weighted by Crippen LogP contribution is 2.52. The number of Topliss-reactive ketones (excluding diaryl/α,β-unsaturated/α-hetero) is 4. The Balaban J connectivity index is 1.56. The third-order valence-corrected chi connectivity index (χ3v) is 9.60. The van der Waals surface area contributed by atoms with E-state index in [1.807, 2.05) is 0 Å². The Labute approximate surface area is 251 Å². The Kier molecular flexibility index (Phi) is 7.84. The minimum Gasteiger partial charge on any atom is -0.507 e. The van der Waals surface area contributed by atoms with Gasteiger partial charge in [0, 0.05) is 36.7 Å². The number of nitrogens with zero attached hydrogens (tertiary/aromatic N) is 2. The lowest BCUT2D eigenvalue weighted by atomic mass is 9.52. The molecule has 11 nitrogen and oxygen atoms in total. The van der Waals surface area contributed by atoms with Crippen molar-refractivity contribution in [2.45, 2.75) is 64.6 Å². The van der Waals surface area contributed by atoms with Crippen LogP contribution in [0.2, 0.25) is 0 Å². The molecule has 0 heterocycles. The molecule has 43 heavy (non-hydrogen) atoms. The Hall–Kier alpha value is -3.15. The van der Waals surface area contributed by atoms with Gasteiger partial charge in [-0.05, 0) is 63.1 Å². The van der Waals surface area contributed by atoms with E-state index in [0.29, 0.717) is 23.8 Å². The second kappa shape index (κ2) is 10.8. The van der Waals surface area contributed by atoms with Crippen molar-refractivity contribution < 1.29 is 38.9 Å². The number of ether oxygens (including phenoxy) is 1. The van der Waals surface area contributed by atoms with Gasteiger partial charge in [0.05, 0.1) is 24.6 Å². The molecule has 5 rings (SSSR count). The summed E-state index contributed by atoms with van der Waals surface area (Å²) in [4.78, 5) is 70.7. The van der Waals surface area contributed by atoms with Crippen LogP contribution in [0.1, 0.15) is 61.5 Å². The van der Waals surface area contributed by atoms with Crippen molar-refractivity contribution >= 4 is 29.0 Å².